The molecule has 0 saturated heterocycles. The largest absolute Gasteiger partial charge is 0.493 e. The zero-order valence-corrected chi connectivity index (χ0v) is 9.07. The van der Waals surface area contributed by atoms with Gasteiger partial charge < -0.3 is 9.94 Å². The summed E-state index contributed by atoms with van der Waals surface area (Å²) in [4.78, 5) is 0. The molecule has 1 unspecified atom stereocenters. The van der Waals surface area contributed by atoms with Gasteiger partial charge in [-0.05, 0) is 18.6 Å². The van der Waals surface area contributed by atoms with Gasteiger partial charge in [-0.25, -0.2) is 0 Å². The molecule has 0 spiro atoms. The summed E-state index contributed by atoms with van der Waals surface area (Å²) < 4.78 is 6.51. The molecule has 0 aliphatic carbocycles. The first-order valence-electron chi connectivity index (χ1n) is 4.41. The van der Waals surface area contributed by atoms with Gasteiger partial charge in [0.1, 0.15) is 5.75 Å². The van der Waals surface area contributed by atoms with E-state index < -0.39 is 0 Å². The van der Waals surface area contributed by atoms with Crippen molar-refractivity contribution in [3.8, 4) is 5.75 Å². The van der Waals surface area contributed by atoms with Crippen LogP contribution in [-0.2, 0) is 0 Å². The van der Waals surface area contributed by atoms with E-state index in [9.17, 15) is 0 Å². The van der Waals surface area contributed by atoms with Crippen molar-refractivity contribution >= 4 is 22.1 Å². The summed E-state index contributed by atoms with van der Waals surface area (Å²) in [7, 11) is 0. The van der Waals surface area contributed by atoms with Crippen LogP contribution in [0.15, 0.2) is 27.8 Å². The predicted molar refractivity (Wildman–Crippen MR) is 57.3 cm³/mol. The van der Waals surface area contributed by atoms with Crippen LogP contribution >= 0.6 is 15.9 Å². The van der Waals surface area contributed by atoms with Crippen LogP contribution in [0.2, 0.25) is 0 Å². The highest BCUT2D eigenvalue weighted by Gasteiger charge is 2.19. The first kappa shape index (κ1) is 9.52. The van der Waals surface area contributed by atoms with Gasteiger partial charge in [-0.15, -0.1) is 5.16 Å². The van der Waals surface area contributed by atoms with Crippen LogP contribution in [0.25, 0.3) is 0 Å². The fourth-order valence-electron chi connectivity index (χ4n) is 1.63. The van der Waals surface area contributed by atoms with Crippen molar-refractivity contribution in [1.29, 1.82) is 0 Å². The van der Waals surface area contributed by atoms with Gasteiger partial charge in [0.2, 0.25) is 0 Å². The topological polar surface area (TPSA) is 41.8 Å². The zero-order chi connectivity index (χ0) is 9.97. The Balaban J connectivity index is 2.39. The molecule has 3 nitrogen and oxygen atoms in total. The Morgan fingerprint density at radius 3 is 3.21 bits per heavy atom. The summed E-state index contributed by atoms with van der Waals surface area (Å²) in [6.45, 7) is 0.667. The molecule has 1 aromatic rings. The number of benzene rings is 1. The van der Waals surface area contributed by atoms with Crippen molar-refractivity contribution in [3.63, 3.8) is 0 Å². The van der Waals surface area contributed by atoms with Gasteiger partial charge in [0.25, 0.3) is 0 Å². The lowest BCUT2D eigenvalue weighted by molar-refractivity contribution is 0.279. The fourth-order valence-corrected chi connectivity index (χ4v) is 1.97. The number of fused-ring (bicyclic) bond motifs is 1. The standard InChI is InChI=1S/C10H10BrNO2/c11-8-1-2-9-7(6-12-13)3-4-14-10(9)5-8/h1-2,5-7,13H,3-4H2. The van der Waals surface area contributed by atoms with E-state index in [1.165, 1.54) is 0 Å². The maximum atomic E-state index is 8.52. The Kier molecular flexibility index (Phi) is 2.72. The second-order valence-electron chi connectivity index (χ2n) is 3.19. The molecule has 4 heteroatoms. The van der Waals surface area contributed by atoms with E-state index in [1.54, 1.807) is 6.21 Å². The van der Waals surface area contributed by atoms with Crippen molar-refractivity contribution in [3.05, 3.63) is 28.2 Å². The van der Waals surface area contributed by atoms with E-state index >= 15 is 0 Å². The highest BCUT2D eigenvalue weighted by Crippen LogP contribution is 2.34. The SMILES string of the molecule is ON=CC1CCOc2cc(Br)ccc21. The van der Waals surface area contributed by atoms with Crippen LogP contribution in [-0.4, -0.2) is 18.0 Å². The molecule has 0 radical (unpaired) electrons. The molecule has 0 aromatic heterocycles. The Morgan fingerprint density at radius 2 is 2.43 bits per heavy atom. The van der Waals surface area contributed by atoms with Crippen molar-refractivity contribution in [1.82, 2.24) is 0 Å². The Morgan fingerprint density at radius 1 is 1.57 bits per heavy atom. The van der Waals surface area contributed by atoms with Crippen molar-refractivity contribution < 1.29 is 9.94 Å². The first-order valence-corrected chi connectivity index (χ1v) is 5.20. The van der Waals surface area contributed by atoms with E-state index in [2.05, 4.69) is 21.1 Å². The molecule has 1 atom stereocenters. The Hall–Kier alpha value is -1.03. The molecule has 74 valence electrons. The molecule has 1 aromatic carbocycles. The molecule has 0 bridgehead atoms. The Bertz CT molecular complexity index is 365. The number of halogens is 1. The van der Waals surface area contributed by atoms with Gasteiger partial charge in [-0.3, -0.25) is 0 Å². The smallest absolute Gasteiger partial charge is 0.124 e. The third-order valence-electron chi connectivity index (χ3n) is 2.31. The number of oxime groups is 1. The van der Waals surface area contributed by atoms with Crippen LogP contribution in [0.4, 0.5) is 0 Å². The lowest BCUT2D eigenvalue weighted by atomic mass is 9.94. The van der Waals surface area contributed by atoms with Crippen LogP contribution < -0.4 is 4.74 Å². The molecule has 14 heavy (non-hydrogen) atoms. The molecule has 1 heterocycles. The van der Waals surface area contributed by atoms with Crippen LogP contribution in [0.1, 0.15) is 17.9 Å². The quantitative estimate of drug-likeness (QED) is 0.477. The highest BCUT2D eigenvalue weighted by molar-refractivity contribution is 9.10. The van der Waals surface area contributed by atoms with E-state index in [0.29, 0.717) is 6.61 Å². The van der Waals surface area contributed by atoms with Gasteiger partial charge in [0.15, 0.2) is 0 Å². The highest BCUT2D eigenvalue weighted by atomic mass is 79.9. The predicted octanol–water partition coefficient (Wildman–Crippen LogP) is 2.78. The number of hydrogen-bond acceptors (Lipinski definition) is 3. The summed E-state index contributed by atoms with van der Waals surface area (Å²) in [5.41, 5.74) is 1.08. The molecule has 0 fully saturated rings. The number of nitrogens with zero attached hydrogens (tertiary/aromatic N) is 1. The molecule has 1 aliphatic heterocycles. The number of ether oxygens (including phenoxy) is 1. The van der Waals surface area contributed by atoms with Crippen molar-refractivity contribution in [2.45, 2.75) is 12.3 Å². The lowest BCUT2D eigenvalue weighted by Gasteiger charge is -2.22. The van der Waals surface area contributed by atoms with Gasteiger partial charge in [-0.2, -0.15) is 0 Å². The second-order valence-corrected chi connectivity index (χ2v) is 4.11. The monoisotopic (exact) mass is 255 g/mol. The summed E-state index contributed by atoms with van der Waals surface area (Å²) in [5.74, 6) is 1.03. The van der Waals surface area contributed by atoms with Crippen molar-refractivity contribution in [2.75, 3.05) is 6.61 Å². The summed E-state index contributed by atoms with van der Waals surface area (Å²) in [6, 6.07) is 5.89. The minimum atomic E-state index is 0.164. The summed E-state index contributed by atoms with van der Waals surface area (Å²) in [6.07, 6.45) is 2.41. The normalized spacial score (nSPS) is 20.5. The molecule has 1 aliphatic rings. The second kappa shape index (κ2) is 4.00. The van der Waals surface area contributed by atoms with Gasteiger partial charge >= 0.3 is 0 Å². The molecular weight excluding hydrogens is 246 g/mol. The van der Waals surface area contributed by atoms with E-state index in [0.717, 1.165) is 22.2 Å². The molecule has 0 saturated carbocycles. The third kappa shape index (κ3) is 1.75. The lowest BCUT2D eigenvalue weighted by Crippen LogP contribution is -2.15. The fraction of sp³-hybridized carbons (Fsp3) is 0.300. The first-order chi connectivity index (χ1) is 6.81. The van der Waals surface area contributed by atoms with Crippen molar-refractivity contribution in [2.24, 2.45) is 5.16 Å². The van der Waals surface area contributed by atoms with Crippen LogP contribution in [0, 0.1) is 0 Å². The van der Waals surface area contributed by atoms with E-state index in [-0.39, 0.29) is 5.92 Å². The average Bonchev–Trinajstić information content (AvgIpc) is 2.18. The zero-order valence-electron chi connectivity index (χ0n) is 7.48. The maximum absolute atomic E-state index is 8.52. The minimum absolute atomic E-state index is 0.164. The van der Waals surface area contributed by atoms with E-state index in [1.807, 2.05) is 18.2 Å². The third-order valence-corrected chi connectivity index (χ3v) is 2.80. The van der Waals surface area contributed by atoms with Gasteiger partial charge in [0, 0.05) is 16.0 Å². The number of hydrogen-bond donors (Lipinski definition) is 1. The van der Waals surface area contributed by atoms with Gasteiger partial charge in [-0.1, -0.05) is 22.0 Å². The molecule has 0 amide bonds. The summed E-state index contributed by atoms with van der Waals surface area (Å²) in [5, 5.41) is 11.6. The molecule has 2 rings (SSSR count). The van der Waals surface area contributed by atoms with Crippen LogP contribution in [0.3, 0.4) is 0 Å². The maximum Gasteiger partial charge on any atom is 0.124 e. The molecular formula is C10H10BrNO2. The minimum Gasteiger partial charge on any atom is -0.493 e. The van der Waals surface area contributed by atoms with E-state index in [4.69, 9.17) is 9.94 Å². The Labute approximate surface area is 90.5 Å². The summed E-state index contributed by atoms with van der Waals surface area (Å²) >= 11 is 3.39. The molecule has 1 N–H and O–H groups in total. The van der Waals surface area contributed by atoms with Crippen LogP contribution in [0.5, 0.6) is 5.75 Å². The van der Waals surface area contributed by atoms with Gasteiger partial charge in [0.05, 0.1) is 12.8 Å². The number of rotatable bonds is 1. The average molecular weight is 256 g/mol.